The first kappa shape index (κ1) is 15.9. The molecule has 1 fully saturated rings. The lowest BCUT2D eigenvalue weighted by Gasteiger charge is -2.30. The van der Waals surface area contributed by atoms with Crippen LogP contribution in [-0.2, 0) is 22.6 Å². The van der Waals surface area contributed by atoms with E-state index in [-0.39, 0.29) is 17.7 Å². The maximum Gasteiger partial charge on any atom is 0.225 e. The Morgan fingerprint density at radius 3 is 2.90 bits per heavy atom. The zero-order valence-corrected chi connectivity index (χ0v) is 13.8. The Kier molecular flexibility index (Phi) is 5.33. The average Bonchev–Trinajstić information content (AvgIpc) is 2.85. The number of nitrogens with zero attached hydrogens (tertiary/aromatic N) is 2. The highest BCUT2D eigenvalue weighted by atomic mass is 32.1. The van der Waals surface area contributed by atoms with Crippen LogP contribution in [0.5, 0.6) is 0 Å². The minimum absolute atomic E-state index is 0.0501. The molecule has 2 heterocycles. The average molecular weight is 309 g/mol. The van der Waals surface area contributed by atoms with Crippen LogP contribution in [0, 0.1) is 12.8 Å². The Morgan fingerprint density at radius 1 is 1.48 bits per heavy atom. The van der Waals surface area contributed by atoms with Crippen LogP contribution in [0.15, 0.2) is 0 Å². The van der Waals surface area contributed by atoms with Gasteiger partial charge in [-0.25, -0.2) is 4.98 Å². The number of hydrogen-bond acceptors (Lipinski definition) is 4. The SMILES string of the molecule is CCc1nc(C)sc1CNC(=O)[C@H]1CCC(=O)N(CC)C1. The van der Waals surface area contributed by atoms with Crippen molar-refractivity contribution in [2.45, 2.75) is 46.6 Å². The highest BCUT2D eigenvalue weighted by molar-refractivity contribution is 7.11. The molecule has 0 aliphatic carbocycles. The lowest BCUT2D eigenvalue weighted by atomic mass is 9.96. The Labute approximate surface area is 129 Å². The number of rotatable bonds is 5. The molecule has 1 aromatic heterocycles. The molecule has 0 unspecified atom stereocenters. The van der Waals surface area contributed by atoms with E-state index in [0.717, 1.165) is 22.0 Å². The second kappa shape index (κ2) is 7.02. The van der Waals surface area contributed by atoms with Gasteiger partial charge >= 0.3 is 0 Å². The van der Waals surface area contributed by atoms with E-state index in [4.69, 9.17) is 0 Å². The third-order valence-corrected chi connectivity index (χ3v) is 4.91. The van der Waals surface area contributed by atoms with E-state index >= 15 is 0 Å². The normalized spacial score (nSPS) is 18.9. The summed E-state index contributed by atoms with van der Waals surface area (Å²) < 4.78 is 0. The van der Waals surface area contributed by atoms with Gasteiger partial charge < -0.3 is 10.2 Å². The molecule has 1 N–H and O–H groups in total. The van der Waals surface area contributed by atoms with E-state index in [1.54, 1.807) is 16.2 Å². The molecule has 0 saturated carbocycles. The van der Waals surface area contributed by atoms with E-state index in [9.17, 15) is 9.59 Å². The van der Waals surface area contributed by atoms with Gasteiger partial charge in [0.1, 0.15) is 0 Å². The topological polar surface area (TPSA) is 62.3 Å². The number of likely N-dealkylation sites (tertiary alicyclic amines) is 1. The monoisotopic (exact) mass is 309 g/mol. The number of piperidine rings is 1. The van der Waals surface area contributed by atoms with Gasteiger partial charge in [0.2, 0.25) is 11.8 Å². The first-order valence-electron chi connectivity index (χ1n) is 7.55. The van der Waals surface area contributed by atoms with Crippen molar-refractivity contribution in [1.82, 2.24) is 15.2 Å². The standard InChI is InChI=1S/C15H23N3O2S/c1-4-12-13(21-10(3)17-12)8-16-15(20)11-6-7-14(19)18(5-2)9-11/h11H,4-9H2,1-3H3,(H,16,20)/t11-/m0/s1. The Bertz CT molecular complexity index is 527. The molecule has 0 radical (unpaired) electrons. The summed E-state index contributed by atoms with van der Waals surface area (Å²) in [6.45, 7) is 7.78. The van der Waals surface area contributed by atoms with Gasteiger partial charge in [0.25, 0.3) is 0 Å². The highest BCUT2D eigenvalue weighted by Crippen LogP contribution is 2.20. The number of hydrogen-bond donors (Lipinski definition) is 1. The number of aromatic nitrogens is 1. The van der Waals surface area contributed by atoms with Crippen molar-refractivity contribution in [3.05, 3.63) is 15.6 Å². The third kappa shape index (κ3) is 3.81. The molecule has 116 valence electrons. The molecule has 2 rings (SSSR count). The van der Waals surface area contributed by atoms with Crippen molar-refractivity contribution >= 4 is 23.2 Å². The predicted molar refractivity (Wildman–Crippen MR) is 83.1 cm³/mol. The summed E-state index contributed by atoms with van der Waals surface area (Å²) in [4.78, 5) is 31.3. The fourth-order valence-corrected chi connectivity index (χ4v) is 3.64. The van der Waals surface area contributed by atoms with Crippen LogP contribution < -0.4 is 5.32 Å². The molecule has 1 atom stereocenters. The van der Waals surface area contributed by atoms with Crippen LogP contribution in [0.1, 0.15) is 42.3 Å². The van der Waals surface area contributed by atoms with Gasteiger partial charge in [0.15, 0.2) is 0 Å². The molecule has 0 aromatic carbocycles. The maximum atomic E-state index is 12.3. The first-order chi connectivity index (χ1) is 10.0. The van der Waals surface area contributed by atoms with Gasteiger partial charge in [-0.05, 0) is 26.7 Å². The summed E-state index contributed by atoms with van der Waals surface area (Å²) in [6, 6.07) is 0. The molecule has 5 nitrogen and oxygen atoms in total. The zero-order valence-electron chi connectivity index (χ0n) is 12.9. The molecule has 0 bridgehead atoms. The van der Waals surface area contributed by atoms with E-state index in [1.165, 1.54) is 0 Å². The fourth-order valence-electron chi connectivity index (χ4n) is 2.67. The van der Waals surface area contributed by atoms with Crippen molar-refractivity contribution in [3.8, 4) is 0 Å². The summed E-state index contributed by atoms with van der Waals surface area (Å²) in [5, 5.41) is 4.05. The molecule has 21 heavy (non-hydrogen) atoms. The Hall–Kier alpha value is -1.43. The van der Waals surface area contributed by atoms with E-state index in [2.05, 4.69) is 17.2 Å². The minimum Gasteiger partial charge on any atom is -0.351 e. The van der Waals surface area contributed by atoms with Crippen LogP contribution in [0.4, 0.5) is 0 Å². The Morgan fingerprint density at radius 2 is 2.24 bits per heavy atom. The van der Waals surface area contributed by atoms with Crippen LogP contribution in [0.2, 0.25) is 0 Å². The molecule has 1 aromatic rings. The molecule has 2 amide bonds. The van der Waals surface area contributed by atoms with Gasteiger partial charge in [0.05, 0.1) is 23.2 Å². The first-order valence-corrected chi connectivity index (χ1v) is 8.37. The molecular formula is C15H23N3O2S. The van der Waals surface area contributed by atoms with Crippen molar-refractivity contribution < 1.29 is 9.59 Å². The van der Waals surface area contributed by atoms with Crippen LogP contribution in [0.25, 0.3) is 0 Å². The molecule has 1 saturated heterocycles. The minimum atomic E-state index is -0.0817. The molecule has 0 spiro atoms. The van der Waals surface area contributed by atoms with E-state index in [1.807, 2.05) is 13.8 Å². The van der Waals surface area contributed by atoms with E-state index in [0.29, 0.717) is 32.5 Å². The van der Waals surface area contributed by atoms with E-state index < -0.39 is 0 Å². The predicted octanol–water partition coefficient (Wildman–Crippen LogP) is 1.89. The van der Waals surface area contributed by atoms with Crippen molar-refractivity contribution in [2.75, 3.05) is 13.1 Å². The molecule has 1 aliphatic heterocycles. The lowest BCUT2D eigenvalue weighted by Crippen LogP contribution is -2.45. The van der Waals surface area contributed by atoms with Gasteiger partial charge in [-0.2, -0.15) is 0 Å². The summed E-state index contributed by atoms with van der Waals surface area (Å²) in [7, 11) is 0. The maximum absolute atomic E-state index is 12.3. The fraction of sp³-hybridized carbons (Fsp3) is 0.667. The van der Waals surface area contributed by atoms with Gasteiger partial charge in [0, 0.05) is 24.4 Å². The highest BCUT2D eigenvalue weighted by Gasteiger charge is 2.29. The van der Waals surface area contributed by atoms with Gasteiger partial charge in [-0.1, -0.05) is 6.92 Å². The number of aryl methyl sites for hydroxylation is 2. The van der Waals surface area contributed by atoms with Gasteiger partial charge in [-0.15, -0.1) is 11.3 Å². The van der Waals surface area contributed by atoms with Gasteiger partial charge in [-0.3, -0.25) is 9.59 Å². The lowest BCUT2D eigenvalue weighted by molar-refractivity contribution is -0.138. The molecule has 6 heteroatoms. The van der Waals surface area contributed by atoms with Crippen molar-refractivity contribution in [3.63, 3.8) is 0 Å². The number of carbonyl (C=O) groups is 2. The summed E-state index contributed by atoms with van der Waals surface area (Å²) in [5.41, 5.74) is 1.08. The van der Waals surface area contributed by atoms with Crippen molar-refractivity contribution in [2.24, 2.45) is 5.92 Å². The molecular weight excluding hydrogens is 286 g/mol. The summed E-state index contributed by atoms with van der Waals surface area (Å²) >= 11 is 1.64. The van der Waals surface area contributed by atoms with Crippen LogP contribution in [-0.4, -0.2) is 34.8 Å². The van der Waals surface area contributed by atoms with Crippen LogP contribution in [0.3, 0.4) is 0 Å². The number of nitrogens with one attached hydrogen (secondary N) is 1. The summed E-state index contributed by atoms with van der Waals surface area (Å²) in [6.07, 6.45) is 2.02. The second-order valence-corrected chi connectivity index (χ2v) is 6.63. The second-order valence-electron chi connectivity index (χ2n) is 5.34. The van der Waals surface area contributed by atoms with Crippen LogP contribution >= 0.6 is 11.3 Å². The van der Waals surface area contributed by atoms with Crippen molar-refractivity contribution in [1.29, 1.82) is 0 Å². The summed E-state index contributed by atoms with van der Waals surface area (Å²) in [5.74, 6) is 0.128. The molecule has 1 aliphatic rings. The number of thiazole rings is 1. The largest absolute Gasteiger partial charge is 0.351 e. The smallest absolute Gasteiger partial charge is 0.225 e. The Balaban J connectivity index is 1.91. The zero-order chi connectivity index (χ0) is 15.4. The number of carbonyl (C=O) groups excluding carboxylic acids is 2. The quantitative estimate of drug-likeness (QED) is 0.903. The third-order valence-electron chi connectivity index (χ3n) is 3.90. The number of amides is 2.